The number of halogens is 1. The van der Waals surface area contributed by atoms with E-state index in [0.29, 0.717) is 17.4 Å². The fourth-order valence-corrected chi connectivity index (χ4v) is 4.01. The van der Waals surface area contributed by atoms with Gasteiger partial charge in [0, 0.05) is 41.9 Å². The average Bonchev–Trinajstić information content (AvgIpc) is 3.30. The van der Waals surface area contributed by atoms with Gasteiger partial charge in [0.2, 0.25) is 5.95 Å². The summed E-state index contributed by atoms with van der Waals surface area (Å²) in [6.07, 6.45) is 3.00. The number of nitrogens with zero attached hydrogens (tertiary/aromatic N) is 3. The van der Waals surface area contributed by atoms with E-state index >= 15 is 0 Å². The molecule has 31 heavy (non-hydrogen) atoms. The number of nitrogens with two attached hydrogens (primary N) is 1. The average molecular weight is 436 g/mol. The molecular formula is C24H26ClN5O. The third kappa shape index (κ3) is 4.97. The monoisotopic (exact) mass is 435 g/mol. The second-order valence-corrected chi connectivity index (χ2v) is 8.19. The van der Waals surface area contributed by atoms with Crippen LogP contribution in [0.2, 0.25) is 5.02 Å². The van der Waals surface area contributed by atoms with E-state index in [1.165, 1.54) is 0 Å². The number of likely N-dealkylation sites (tertiary alicyclic amines) is 1. The van der Waals surface area contributed by atoms with Crippen molar-refractivity contribution in [3.8, 4) is 11.3 Å². The molecule has 4 rings (SSSR count). The summed E-state index contributed by atoms with van der Waals surface area (Å²) in [4.78, 5) is 23.0. The normalized spacial score (nSPS) is 13.4. The highest BCUT2D eigenvalue weighted by Gasteiger charge is 2.19. The molecule has 3 aromatic rings. The van der Waals surface area contributed by atoms with E-state index in [1.807, 2.05) is 60.4 Å². The number of nitrogens with one attached hydrogen (secondary N) is 1. The molecule has 1 aliphatic heterocycles. The second kappa shape index (κ2) is 9.35. The van der Waals surface area contributed by atoms with Gasteiger partial charge in [-0.3, -0.25) is 4.79 Å². The van der Waals surface area contributed by atoms with Crippen LogP contribution in [-0.4, -0.2) is 40.4 Å². The molecule has 0 saturated carbocycles. The summed E-state index contributed by atoms with van der Waals surface area (Å²) in [7, 11) is 0. The van der Waals surface area contributed by atoms with Gasteiger partial charge in [0.05, 0.1) is 5.69 Å². The predicted octanol–water partition coefficient (Wildman–Crippen LogP) is 4.58. The van der Waals surface area contributed by atoms with Crippen LogP contribution in [0, 0.1) is 6.92 Å². The number of benzene rings is 2. The van der Waals surface area contributed by atoms with E-state index in [2.05, 4.69) is 15.3 Å². The highest BCUT2D eigenvalue weighted by atomic mass is 35.5. The first-order chi connectivity index (χ1) is 15.0. The zero-order valence-electron chi connectivity index (χ0n) is 17.6. The van der Waals surface area contributed by atoms with Crippen LogP contribution in [0.15, 0.2) is 48.5 Å². The lowest BCUT2D eigenvalue weighted by molar-refractivity contribution is 0.0793. The molecule has 1 saturated heterocycles. The number of rotatable bonds is 6. The van der Waals surface area contributed by atoms with Crippen LogP contribution in [0.4, 0.5) is 11.8 Å². The summed E-state index contributed by atoms with van der Waals surface area (Å²) in [5.41, 5.74) is 10.5. The van der Waals surface area contributed by atoms with Gasteiger partial charge >= 0.3 is 0 Å². The Bertz CT molecular complexity index is 1080. The Kier molecular flexibility index (Phi) is 6.37. The zero-order chi connectivity index (χ0) is 21.8. The summed E-state index contributed by atoms with van der Waals surface area (Å²) in [5.74, 6) is 1.01. The highest BCUT2D eigenvalue weighted by Crippen LogP contribution is 2.28. The fourth-order valence-electron chi connectivity index (χ4n) is 3.83. The summed E-state index contributed by atoms with van der Waals surface area (Å²) < 4.78 is 0. The van der Waals surface area contributed by atoms with E-state index in [4.69, 9.17) is 17.3 Å². The summed E-state index contributed by atoms with van der Waals surface area (Å²) in [6, 6.07) is 15.5. The lowest BCUT2D eigenvalue weighted by Gasteiger charge is -2.15. The molecule has 2 aromatic carbocycles. The number of nitrogen functional groups attached to an aromatic ring is 1. The number of aromatic nitrogens is 2. The molecule has 1 aromatic heterocycles. The first kappa shape index (κ1) is 21.1. The minimum atomic E-state index is 0.127. The Balaban J connectivity index is 1.39. The molecule has 0 radical (unpaired) electrons. The molecule has 1 amide bonds. The van der Waals surface area contributed by atoms with E-state index in [0.717, 1.165) is 60.3 Å². The number of anilines is 2. The lowest BCUT2D eigenvalue weighted by Crippen LogP contribution is -2.27. The number of carbonyl (C=O) groups excluding carboxylic acids is 1. The van der Waals surface area contributed by atoms with E-state index < -0.39 is 0 Å². The Morgan fingerprint density at radius 1 is 1.13 bits per heavy atom. The van der Waals surface area contributed by atoms with Gasteiger partial charge in [0.1, 0.15) is 5.82 Å². The third-order valence-electron chi connectivity index (χ3n) is 5.60. The van der Waals surface area contributed by atoms with Gasteiger partial charge in [0.25, 0.3) is 5.91 Å². The maximum absolute atomic E-state index is 12.5. The topological polar surface area (TPSA) is 84.1 Å². The Morgan fingerprint density at radius 3 is 2.61 bits per heavy atom. The Hall–Kier alpha value is -3.12. The smallest absolute Gasteiger partial charge is 0.253 e. The van der Waals surface area contributed by atoms with Gasteiger partial charge in [-0.2, -0.15) is 4.98 Å². The van der Waals surface area contributed by atoms with Crippen LogP contribution >= 0.6 is 11.6 Å². The molecule has 6 nitrogen and oxygen atoms in total. The van der Waals surface area contributed by atoms with Crippen molar-refractivity contribution in [2.24, 2.45) is 0 Å². The summed E-state index contributed by atoms with van der Waals surface area (Å²) in [5, 5.41) is 4.01. The van der Waals surface area contributed by atoms with Crippen LogP contribution in [0.1, 0.15) is 34.3 Å². The van der Waals surface area contributed by atoms with Crippen molar-refractivity contribution in [2.75, 3.05) is 30.7 Å². The Morgan fingerprint density at radius 2 is 1.87 bits per heavy atom. The van der Waals surface area contributed by atoms with Crippen molar-refractivity contribution in [1.29, 1.82) is 0 Å². The SMILES string of the molecule is Cc1c(Cl)cccc1-c1cc(NCCc2ccc(C(=O)N3CCCC3)cc2)nc(N)n1. The quantitative estimate of drug-likeness (QED) is 0.592. The highest BCUT2D eigenvalue weighted by molar-refractivity contribution is 6.31. The fraction of sp³-hybridized carbons (Fsp3) is 0.292. The molecule has 1 fully saturated rings. The van der Waals surface area contributed by atoms with Gasteiger partial charge in [-0.25, -0.2) is 4.98 Å². The standard InChI is InChI=1S/C24H26ClN5O/c1-16-19(5-4-6-20(16)25)21-15-22(29-24(26)28-21)27-12-11-17-7-9-18(10-8-17)23(31)30-13-2-3-14-30/h4-10,15H,2-3,11-14H2,1H3,(H3,26,27,28,29). The van der Waals surface area contributed by atoms with Crippen molar-refractivity contribution in [2.45, 2.75) is 26.2 Å². The van der Waals surface area contributed by atoms with Crippen molar-refractivity contribution in [3.05, 3.63) is 70.2 Å². The first-order valence-electron chi connectivity index (χ1n) is 10.5. The summed E-state index contributed by atoms with van der Waals surface area (Å²) in [6.45, 7) is 4.37. The molecular weight excluding hydrogens is 410 g/mol. The largest absolute Gasteiger partial charge is 0.370 e. The van der Waals surface area contributed by atoms with Crippen molar-refractivity contribution < 1.29 is 4.79 Å². The van der Waals surface area contributed by atoms with E-state index in [9.17, 15) is 4.79 Å². The van der Waals surface area contributed by atoms with Gasteiger partial charge in [0.15, 0.2) is 0 Å². The first-order valence-corrected chi connectivity index (χ1v) is 10.9. The molecule has 160 valence electrons. The molecule has 0 bridgehead atoms. The van der Waals surface area contributed by atoms with E-state index in [-0.39, 0.29) is 11.9 Å². The van der Waals surface area contributed by atoms with Crippen LogP contribution in [0.3, 0.4) is 0 Å². The molecule has 2 heterocycles. The van der Waals surface area contributed by atoms with Crippen LogP contribution in [0.25, 0.3) is 11.3 Å². The molecule has 1 aliphatic rings. The molecule has 0 atom stereocenters. The van der Waals surface area contributed by atoms with Gasteiger partial charge in [-0.15, -0.1) is 0 Å². The van der Waals surface area contributed by atoms with Crippen molar-refractivity contribution >= 4 is 29.3 Å². The molecule has 3 N–H and O–H groups in total. The molecule has 0 unspecified atom stereocenters. The maximum atomic E-state index is 12.5. The number of hydrogen-bond acceptors (Lipinski definition) is 5. The van der Waals surface area contributed by atoms with Crippen molar-refractivity contribution in [3.63, 3.8) is 0 Å². The second-order valence-electron chi connectivity index (χ2n) is 7.78. The Labute approximate surface area is 187 Å². The number of amides is 1. The third-order valence-corrected chi connectivity index (χ3v) is 6.01. The van der Waals surface area contributed by atoms with Crippen molar-refractivity contribution in [1.82, 2.24) is 14.9 Å². The molecule has 0 spiro atoms. The van der Waals surface area contributed by atoms with E-state index in [1.54, 1.807) is 0 Å². The van der Waals surface area contributed by atoms with Gasteiger partial charge in [-0.05, 0) is 55.5 Å². The maximum Gasteiger partial charge on any atom is 0.253 e. The van der Waals surface area contributed by atoms with Gasteiger partial charge < -0.3 is 16.0 Å². The zero-order valence-corrected chi connectivity index (χ0v) is 18.3. The number of carbonyl (C=O) groups is 1. The lowest BCUT2D eigenvalue weighted by atomic mass is 10.1. The summed E-state index contributed by atoms with van der Waals surface area (Å²) >= 11 is 6.25. The van der Waals surface area contributed by atoms with Crippen LogP contribution in [0.5, 0.6) is 0 Å². The minimum absolute atomic E-state index is 0.127. The molecule has 0 aliphatic carbocycles. The molecule has 7 heteroatoms. The van der Waals surface area contributed by atoms with Crippen LogP contribution in [-0.2, 0) is 6.42 Å². The minimum Gasteiger partial charge on any atom is -0.370 e. The van der Waals surface area contributed by atoms with Gasteiger partial charge in [-0.1, -0.05) is 35.9 Å². The predicted molar refractivity (Wildman–Crippen MR) is 125 cm³/mol. The van der Waals surface area contributed by atoms with Crippen LogP contribution < -0.4 is 11.1 Å². The number of hydrogen-bond donors (Lipinski definition) is 2.